The molecule has 0 spiro atoms. The molecule has 2 atom stereocenters. The third-order valence-electron chi connectivity index (χ3n) is 3.80. The predicted molar refractivity (Wildman–Crippen MR) is 79.4 cm³/mol. The summed E-state index contributed by atoms with van der Waals surface area (Å²) in [6.07, 6.45) is 2.81. The number of benzene rings is 1. The van der Waals surface area contributed by atoms with E-state index in [2.05, 4.69) is 24.0 Å². The van der Waals surface area contributed by atoms with Crippen LogP contribution < -0.4 is 10.5 Å². The summed E-state index contributed by atoms with van der Waals surface area (Å²) in [4.78, 5) is 2.49. The van der Waals surface area contributed by atoms with Crippen LogP contribution in [0, 0.1) is 0 Å². The zero-order chi connectivity index (χ0) is 13.8. The van der Waals surface area contributed by atoms with Crippen molar-refractivity contribution in [2.45, 2.75) is 51.8 Å². The van der Waals surface area contributed by atoms with Crippen LogP contribution in [0.25, 0.3) is 0 Å². The second-order valence-electron chi connectivity index (χ2n) is 5.83. The lowest BCUT2D eigenvalue weighted by atomic mass is 10.1. The van der Waals surface area contributed by atoms with E-state index in [9.17, 15) is 0 Å². The molecule has 1 aromatic carbocycles. The van der Waals surface area contributed by atoms with Crippen LogP contribution in [0.1, 0.15) is 45.2 Å². The molecule has 2 N–H and O–H groups in total. The average molecular weight is 262 g/mol. The van der Waals surface area contributed by atoms with Gasteiger partial charge in [0.1, 0.15) is 5.75 Å². The van der Waals surface area contributed by atoms with Crippen molar-refractivity contribution in [3.05, 3.63) is 29.8 Å². The molecule has 19 heavy (non-hydrogen) atoms. The fourth-order valence-electron chi connectivity index (χ4n) is 2.69. The van der Waals surface area contributed by atoms with E-state index >= 15 is 0 Å². The normalized spacial score (nSPS) is 21.8. The Morgan fingerprint density at radius 3 is 2.53 bits per heavy atom. The summed E-state index contributed by atoms with van der Waals surface area (Å²) in [5, 5.41) is 0. The van der Waals surface area contributed by atoms with Gasteiger partial charge in [0.25, 0.3) is 0 Å². The molecule has 3 heteroatoms. The monoisotopic (exact) mass is 262 g/mol. The van der Waals surface area contributed by atoms with Gasteiger partial charge in [0.05, 0.1) is 6.10 Å². The van der Waals surface area contributed by atoms with Crippen LogP contribution in [0.5, 0.6) is 5.75 Å². The predicted octanol–water partition coefficient (Wildman–Crippen LogP) is 2.96. The summed E-state index contributed by atoms with van der Waals surface area (Å²) in [5.74, 6) is 0.917. The molecule has 0 aromatic heterocycles. The Morgan fingerprint density at radius 1 is 1.32 bits per heavy atom. The SMILES string of the molecule is CC(C)Oc1ccc(C(N)CN2CCCC2C)cc1. The fourth-order valence-corrected chi connectivity index (χ4v) is 2.69. The molecule has 1 aromatic rings. The molecule has 2 rings (SSSR count). The number of hydrogen-bond acceptors (Lipinski definition) is 3. The molecule has 106 valence electrons. The molecule has 0 aliphatic carbocycles. The second-order valence-corrected chi connectivity index (χ2v) is 5.83. The van der Waals surface area contributed by atoms with E-state index in [-0.39, 0.29) is 12.1 Å². The number of ether oxygens (including phenoxy) is 1. The Bertz CT molecular complexity index is 388. The van der Waals surface area contributed by atoms with Crippen LogP contribution in [0.3, 0.4) is 0 Å². The van der Waals surface area contributed by atoms with Crippen molar-refractivity contribution in [1.82, 2.24) is 4.90 Å². The van der Waals surface area contributed by atoms with E-state index in [1.54, 1.807) is 0 Å². The zero-order valence-corrected chi connectivity index (χ0v) is 12.3. The summed E-state index contributed by atoms with van der Waals surface area (Å²) in [6.45, 7) is 8.50. The van der Waals surface area contributed by atoms with Crippen molar-refractivity contribution in [2.75, 3.05) is 13.1 Å². The summed E-state index contributed by atoms with van der Waals surface area (Å²) in [6, 6.07) is 8.97. The largest absolute Gasteiger partial charge is 0.491 e. The molecule has 0 saturated carbocycles. The Balaban J connectivity index is 1.93. The van der Waals surface area contributed by atoms with Gasteiger partial charge in [-0.25, -0.2) is 0 Å². The van der Waals surface area contributed by atoms with Gasteiger partial charge in [-0.15, -0.1) is 0 Å². The maximum atomic E-state index is 6.31. The van der Waals surface area contributed by atoms with Gasteiger partial charge in [0.15, 0.2) is 0 Å². The molecule has 2 unspecified atom stereocenters. The number of nitrogens with two attached hydrogens (primary N) is 1. The average Bonchev–Trinajstić information content (AvgIpc) is 2.75. The van der Waals surface area contributed by atoms with E-state index in [0.29, 0.717) is 6.04 Å². The summed E-state index contributed by atoms with van der Waals surface area (Å²) >= 11 is 0. The highest BCUT2D eigenvalue weighted by atomic mass is 16.5. The fraction of sp³-hybridized carbons (Fsp3) is 0.625. The summed E-state index contributed by atoms with van der Waals surface area (Å²) in [5.41, 5.74) is 7.50. The van der Waals surface area contributed by atoms with Crippen LogP contribution >= 0.6 is 0 Å². The Hall–Kier alpha value is -1.06. The van der Waals surface area contributed by atoms with E-state index in [0.717, 1.165) is 12.3 Å². The van der Waals surface area contributed by atoms with Gasteiger partial charge in [0.2, 0.25) is 0 Å². The lowest BCUT2D eigenvalue weighted by Crippen LogP contribution is -2.34. The van der Waals surface area contributed by atoms with Crippen molar-refractivity contribution >= 4 is 0 Å². The van der Waals surface area contributed by atoms with Gasteiger partial charge >= 0.3 is 0 Å². The molecule has 1 aliphatic heterocycles. The summed E-state index contributed by atoms with van der Waals surface area (Å²) < 4.78 is 5.65. The third kappa shape index (κ3) is 3.95. The molecule has 1 fully saturated rings. The van der Waals surface area contributed by atoms with Crippen molar-refractivity contribution in [3.63, 3.8) is 0 Å². The Kier molecular flexibility index (Phi) is 4.83. The molecular formula is C16H26N2O. The van der Waals surface area contributed by atoms with Crippen LogP contribution in [0.4, 0.5) is 0 Å². The van der Waals surface area contributed by atoms with E-state index in [4.69, 9.17) is 10.5 Å². The van der Waals surface area contributed by atoms with Gasteiger partial charge in [0, 0.05) is 18.6 Å². The highest BCUT2D eigenvalue weighted by Gasteiger charge is 2.22. The molecule has 0 bridgehead atoms. The zero-order valence-electron chi connectivity index (χ0n) is 12.3. The number of rotatable bonds is 5. The minimum atomic E-state index is 0.0913. The van der Waals surface area contributed by atoms with Gasteiger partial charge in [-0.2, -0.15) is 0 Å². The van der Waals surface area contributed by atoms with Crippen molar-refractivity contribution in [2.24, 2.45) is 5.73 Å². The highest BCUT2D eigenvalue weighted by Crippen LogP contribution is 2.22. The minimum absolute atomic E-state index is 0.0913. The van der Waals surface area contributed by atoms with Gasteiger partial charge in [-0.05, 0) is 57.9 Å². The first-order chi connectivity index (χ1) is 9.06. The molecular weight excluding hydrogens is 236 g/mol. The van der Waals surface area contributed by atoms with Crippen molar-refractivity contribution in [3.8, 4) is 5.75 Å². The Labute approximate surface area is 116 Å². The lowest BCUT2D eigenvalue weighted by molar-refractivity contribution is 0.241. The topological polar surface area (TPSA) is 38.5 Å². The Morgan fingerprint density at radius 2 is 2.00 bits per heavy atom. The van der Waals surface area contributed by atoms with Gasteiger partial charge in [-0.1, -0.05) is 12.1 Å². The highest BCUT2D eigenvalue weighted by molar-refractivity contribution is 5.29. The molecule has 1 aliphatic rings. The number of hydrogen-bond donors (Lipinski definition) is 1. The van der Waals surface area contributed by atoms with Crippen LogP contribution in [-0.4, -0.2) is 30.1 Å². The number of likely N-dealkylation sites (tertiary alicyclic amines) is 1. The minimum Gasteiger partial charge on any atom is -0.491 e. The summed E-state index contributed by atoms with van der Waals surface area (Å²) in [7, 11) is 0. The van der Waals surface area contributed by atoms with E-state index in [1.165, 1.54) is 24.9 Å². The first kappa shape index (κ1) is 14.4. The first-order valence-electron chi connectivity index (χ1n) is 7.32. The number of nitrogens with zero attached hydrogens (tertiary/aromatic N) is 1. The molecule has 1 heterocycles. The third-order valence-corrected chi connectivity index (χ3v) is 3.80. The van der Waals surface area contributed by atoms with E-state index < -0.39 is 0 Å². The van der Waals surface area contributed by atoms with Crippen LogP contribution in [0.2, 0.25) is 0 Å². The molecule has 0 amide bonds. The van der Waals surface area contributed by atoms with E-state index in [1.807, 2.05) is 26.0 Å². The van der Waals surface area contributed by atoms with Crippen LogP contribution in [-0.2, 0) is 0 Å². The lowest BCUT2D eigenvalue weighted by Gasteiger charge is -2.25. The first-order valence-corrected chi connectivity index (χ1v) is 7.32. The van der Waals surface area contributed by atoms with Gasteiger partial charge in [-0.3, -0.25) is 4.90 Å². The smallest absolute Gasteiger partial charge is 0.119 e. The molecule has 3 nitrogen and oxygen atoms in total. The standard InChI is InChI=1S/C16H26N2O/c1-12(2)19-15-8-6-14(7-9-15)16(17)11-18-10-4-5-13(18)3/h6-9,12-13,16H,4-5,10-11,17H2,1-3H3. The maximum Gasteiger partial charge on any atom is 0.119 e. The van der Waals surface area contributed by atoms with Gasteiger partial charge < -0.3 is 10.5 Å². The van der Waals surface area contributed by atoms with Crippen molar-refractivity contribution in [1.29, 1.82) is 0 Å². The maximum absolute atomic E-state index is 6.31. The molecule has 0 radical (unpaired) electrons. The molecule has 1 saturated heterocycles. The second kappa shape index (κ2) is 6.40. The van der Waals surface area contributed by atoms with Crippen LogP contribution in [0.15, 0.2) is 24.3 Å². The van der Waals surface area contributed by atoms with Crippen molar-refractivity contribution < 1.29 is 4.74 Å². The quantitative estimate of drug-likeness (QED) is 0.886.